The van der Waals surface area contributed by atoms with Gasteiger partial charge in [-0.05, 0) is 25.1 Å². The maximum absolute atomic E-state index is 14.2. The van der Waals surface area contributed by atoms with Gasteiger partial charge in [0.05, 0.1) is 12.1 Å². The van der Waals surface area contributed by atoms with Gasteiger partial charge < -0.3 is 5.32 Å². The van der Waals surface area contributed by atoms with Crippen LogP contribution in [0.4, 0.5) is 13.6 Å². The maximum Gasteiger partial charge on any atom is 0.325 e. The van der Waals surface area contributed by atoms with Crippen molar-refractivity contribution in [3.8, 4) is 0 Å². The monoisotopic (exact) mass is 401 g/mol. The first-order valence-corrected chi connectivity index (χ1v) is 8.81. The lowest BCUT2D eigenvalue weighted by Crippen LogP contribution is -2.41. The van der Waals surface area contributed by atoms with Crippen LogP contribution in [-0.4, -0.2) is 21.8 Å². The zero-order chi connectivity index (χ0) is 20.1. The Hall–Kier alpha value is -3.06. The summed E-state index contributed by atoms with van der Waals surface area (Å²) in [6.07, 6.45) is 0. The Morgan fingerprint density at radius 3 is 2.64 bits per heavy atom. The molecule has 1 fully saturated rings. The van der Waals surface area contributed by atoms with Crippen molar-refractivity contribution in [1.82, 2.24) is 15.2 Å². The molecule has 3 amide bonds. The summed E-state index contributed by atoms with van der Waals surface area (Å²) in [5.74, 6) is -2.34. The lowest BCUT2D eigenvalue weighted by Gasteiger charge is -2.23. The zero-order valence-corrected chi connectivity index (χ0v) is 15.4. The molecule has 1 N–H and O–H groups in total. The Kier molecular flexibility index (Phi) is 4.27. The number of hydrogen-bond acceptors (Lipinski definition) is 3. The summed E-state index contributed by atoms with van der Waals surface area (Å²) in [5, 5.41) is 3.47. The minimum atomic E-state index is -1.65. The maximum atomic E-state index is 14.2. The number of urea groups is 1. The Morgan fingerprint density at radius 1 is 1.14 bits per heavy atom. The second kappa shape index (κ2) is 6.53. The number of fused-ring (bicyclic) bond motifs is 1. The highest BCUT2D eigenvalue weighted by molar-refractivity contribution is 6.30. The molecule has 0 aliphatic carbocycles. The SMILES string of the molecule is C[C@]1(c2ccc(F)cc2F)NC(=O)N(Cc2cc3ccccc3nc2Cl)C1=O. The molecule has 2 heterocycles. The molecule has 5 nitrogen and oxygen atoms in total. The van der Waals surface area contributed by atoms with Gasteiger partial charge in [0.25, 0.3) is 5.91 Å². The van der Waals surface area contributed by atoms with Crippen molar-refractivity contribution in [1.29, 1.82) is 0 Å². The first-order chi connectivity index (χ1) is 13.3. The smallest absolute Gasteiger partial charge is 0.319 e. The highest BCUT2D eigenvalue weighted by Gasteiger charge is 2.50. The summed E-state index contributed by atoms with van der Waals surface area (Å²) in [6, 6.07) is 11.2. The van der Waals surface area contributed by atoms with E-state index in [0.717, 1.165) is 22.4 Å². The Balaban J connectivity index is 1.69. The number of para-hydroxylation sites is 1. The highest BCUT2D eigenvalue weighted by Crippen LogP contribution is 2.32. The van der Waals surface area contributed by atoms with Crippen LogP contribution >= 0.6 is 11.6 Å². The van der Waals surface area contributed by atoms with E-state index in [2.05, 4.69) is 10.3 Å². The van der Waals surface area contributed by atoms with Gasteiger partial charge in [0, 0.05) is 22.6 Å². The molecule has 0 radical (unpaired) electrons. The topological polar surface area (TPSA) is 62.3 Å². The summed E-state index contributed by atoms with van der Waals surface area (Å²) < 4.78 is 27.5. The number of carbonyl (C=O) groups excluding carboxylic acids is 2. The molecule has 2 aromatic carbocycles. The van der Waals surface area contributed by atoms with Gasteiger partial charge in [0.1, 0.15) is 22.3 Å². The molecular formula is C20H14ClF2N3O2. The number of imide groups is 1. The standard InChI is InChI=1S/C20H14ClF2N3O2/c1-20(14-7-6-13(22)9-15(14)23)18(27)26(19(28)25-20)10-12-8-11-4-2-3-5-16(11)24-17(12)21/h2-9H,10H2,1H3,(H,25,28)/t20-/m1/s1. The molecule has 1 saturated heterocycles. The van der Waals surface area contributed by atoms with Crippen LogP contribution in [0, 0.1) is 11.6 Å². The molecule has 0 saturated carbocycles. The number of pyridine rings is 1. The van der Waals surface area contributed by atoms with Gasteiger partial charge in [0.15, 0.2) is 0 Å². The largest absolute Gasteiger partial charge is 0.325 e. The lowest BCUT2D eigenvalue weighted by molar-refractivity contribution is -0.131. The summed E-state index contributed by atoms with van der Waals surface area (Å²) in [6.45, 7) is 1.25. The Morgan fingerprint density at radius 2 is 1.89 bits per heavy atom. The van der Waals surface area contributed by atoms with Gasteiger partial charge in [-0.15, -0.1) is 0 Å². The van der Waals surface area contributed by atoms with Crippen LogP contribution in [-0.2, 0) is 16.9 Å². The van der Waals surface area contributed by atoms with E-state index in [1.807, 2.05) is 18.2 Å². The Labute approximate surface area is 163 Å². The third-order valence-electron chi connectivity index (χ3n) is 4.82. The van der Waals surface area contributed by atoms with Crippen LogP contribution in [0.1, 0.15) is 18.1 Å². The zero-order valence-electron chi connectivity index (χ0n) is 14.7. The molecule has 0 bridgehead atoms. The van der Waals surface area contributed by atoms with E-state index in [-0.39, 0.29) is 17.3 Å². The van der Waals surface area contributed by atoms with Gasteiger partial charge in [-0.1, -0.05) is 35.9 Å². The van der Waals surface area contributed by atoms with Crippen LogP contribution in [0.25, 0.3) is 10.9 Å². The average molecular weight is 402 g/mol. The second-order valence-electron chi connectivity index (χ2n) is 6.70. The molecule has 1 atom stereocenters. The normalized spacial score (nSPS) is 19.4. The Bertz CT molecular complexity index is 1140. The molecule has 4 rings (SSSR count). The molecule has 0 spiro atoms. The fraction of sp³-hybridized carbons (Fsp3) is 0.150. The third kappa shape index (κ3) is 2.88. The number of nitrogens with zero attached hydrogens (tertiary/aromatic N) is 2. The molecule has 8 heteroatoms. The van der Waals surface area contributed by atoms with Crippen molar-refractivity contribution in [2.45, 2.75) is 19.0 Å². The van der Waals surface area contributed by atoms with Crippen LogP contribution < -0.4 is 5.32 Å². The fourth-order valence-corrected chi connectivity index (χ4v) is 3.54. The van der Waals surface area contributed by atoms with Crippen LogP contribution in [0.5, 0.6) is 0 Å². The second-order valence-corrected chi connectivity index (χ2v) is 7.06. The van der Waals surface area contributed by atoms with E-state index in [9.17, 15) is 18.4 Å². The van der Waals surface area contributed by atoms with E-state index in [1.165, 1.54) is 6.92 Å². The molecule has 1 aliphatic heterocycles. The summed E-state index contributed by atoms with van der Waals surface area (Å²) >= 11 is 6.23. The van der Waals surface area contributed by atoms with Crippen LogP contribution in [0.2, 0.25) is 5.15 Å². The highest BCUT2D eigenvalue weighted by atomic mass is 35.5. The van der Waals surface area contributed by atoms with Gasteiger partial charge in [-0.25, -0.2) is 18.6 Å². The van der Waals surface area contributed by atoms with E-state index in [0.29, 0.717) is 17.1 Å². The van der Waals surface area contributed by atoms with Gasteiger partial charge in [0.2, 0.25) is 0 Å². The number of carbonyl (C=O) groups is 2. The van der Waals surface area contributed by atoms with Gasteiger partial charge in [-0.3, -0.25) is 9.69 Å². The number of amides is 3. The van der Waals surface area contributed by atoms with E-state index < -0.39 is 29.1 Å². The number of halogens is 3. The van der Waals surface area contributed by atoms with Crippen LogP contribution in [0.15, 0.2) is 48.5 Å². The molecular weight excluding hydrogens is 388 g/mol. The van der Waals surface area contributed by atoms with Crippen molar-refractivity contribution in [3.05, 3.63) is 76.4 Å². The van der Waals surface area contributed by atoms with Crippen molar-refractivity contribution < 1.29 is 18.4 Å². The lowest BCUT2D eigenvalue weighted by atomic mass is 9.91. The van der Waals surface area contributed by atoms with Crippen molar-refractivity contribution in [2.24, 2.45) is 0 Å². The predicted molar refractivity (Wildman–Crippen MR) is 99.5 cm³/mol. The minimum Gasteiger partial charge on any atom is -0.319 e. The fourth-order valence-electron chi connectivity index (χ4n) is 3.34. The summed E-state index contributed by atoms with van der Waals surface area (Å²) in [4.78, 5) is 30.7. The molecule has 28 heavy (non-hydrogen) atoms. The first-order valence-electron chi connectivity index (χ1n) is 8.43. The number of aromatic nitrogens is 1. The predicted octanol–water partition coefficient (Wildman–Crippen LogP) is 4.13. The average Bonchev–Trinajstić information content (AvgIpc) is 2.86. The third-order valence-corrected chi connectivity index (χ3v) is 5.15. The van der Waals surface area contributed by atoms with Crippen LogP contribution in [0.3, 0.4) is 0 Å². The summed E-state index contributed by atoms with van der Waals surface area (Å²) in [5.41, 5.74) is -0.595. The van der Waals surface area contributed by atoms with E-state index >= 15 is 0 Å². The van der Waals surface area contributed by atoms with E-state index in [1.54, 1.807) is 12.1 Å². The number of benzene rings is 2. The van der Waals surface area contributed by atoms with Gasteiger partial charge in [-0.2, -0.15) is 0 Å². The molecule has 3 aromatic rings. The molecule has 1 aliphatic rings. The molecule has 0 unspecified atom stereocenters. The van der Waals surface area contributed by atoms with Crippen molar-refractivity contribution >= 4 is 34.4 Å². The molecule has 142 valence electrons. The number of nitrogens with one attached hydrogen (secondary N) is 1. The number of rotatable bonds is 3. The minimum absolute atomic E-state index is 0.113. The summed E-state index contributed by atoms with van der Waals surface area (Å²) in [7, 11) is 0. The van der Waals surface area contributed by atoms with Gasteiger partial charge >= 0.3 is 6.03 Å². The quantitative estimate of drug-likeness (QED) is 0.530. The first kappa shape index (κ1) is 18.3. The van der Waals surface area contributed by atoms with Crippen molar-refractivity contribution in [2.75, 3.05) is 0 Å². The number of hydrogen-bond donors (Lipinski definition) is 1. The van der Waals surface area contributed by atoms with Crippen molar-refractivity contribution in [3.63, 3.8) is 0 Å². The van der Waals surface area contributed by atoms with E-state index in [4.69, 9.17) is 11.6 Å². The molecule has 1 aromatic heterocycles.